The summed E-state index contributed by atoms with van der Waals surface area (Å²) in [4.78, 5) is 18.7. The molecule has 3 rings (SSSR count). The largest absolute Gasteiger partial charge is 0.341 e. The standard InChI is InChI=1S/C9H13N9/c10-16-7-13-8(17-3-1-2-4-17)15-9(14-7)18-6-11-5-12-18/h5-6H,1-4,10H2,(H,13,14,15,16). The van der Waals surface area contributed by atoms with Crippen LogP contribution in [0.1, 0.15) is 12.8 Å². The third-order valence-electron chi connectivity index (χ3n) is 2.75. The van der Waals surface area contributed by atoms with Crippen molar-refractivity contribution in [3.05, 3.63) is 12.7 Å². The lowest BCUT2D eigenvalue weighted by Gasteiger charge is -2.15. The zero-order valence-electron chi connectivity index (χ0n) is 9.69. The first kappa shape index (κ1) is 10.8. The molecule has 0 bridgehead atoms. The van der Waals surface area contributed by atoms with Crippen molar-refractivity contribution in [3.8, 4) is 5.95 Å². The normalized spacial score (nSPS) is 15.1. The highest BCUT2D eigenvalue weighted by molar-refractivity contribution is 5.39. The summed E-state index contributed by atoms with van der Waals surface area (Å²) in [6.07, 6.45) is 5.25. The Kier molecular flexibility index (Phi) is 2.73. The van der Waals surface area contributed by atoms with Gasteiger partial charge in [-0.25, -0.2) is 10.8 Å². The van der Waals surface area contributed by atoms with Crippen LogP contribution in [0.5, 0.6) is 0 Å². The second-order valence-corrected chi connectivity index (χ2v) is 3.94. The van der Waals surface area contributed by atoms with E-state index in [0.29, 0.717) is 17.8 Å². The van der Waals surface area contributed by atoms with Crippen LogP contribution in [0.2, 0.25) is 0 Å². The van der Waals surface area contributed by atoms with Crippen LogP contribution in [0.3, 0.4) is 0 Å². The summed E-state index contributed by atoms with van der Waals surface area (Å²) in [5.74, 6) is 6.70. The Morgan fingerprint density at radius 1 is 1.11 bits per heavy atom. The lowest BCUT2D eigenvalue weighted by molar-refractivity contribution is 0.778. The molecule has 3 heterocycles. The van der Waals surface area contributed by atoms with Gasteiger partial charge in [0.25, 0.3) is 5.95 Å². The van der Waals surface area contributed by atoms with Gasteiger partial charge in [-0.3, -0.25) is 5.43 Å². The number of nitrogens with one attached hydrogen (secondary N) is 1. The van der Waals surface area contributed by atoms with E-state index in [9.17, 15) is 0 Å². The number of nitrogen functional groups attached to an aromatic ring is 1. The second kappa shape index (κ2) is 4.53. The zero-order valence-corrected chi connectivity index (χ0v) is 9.69. The molecule has 0 spiro atoms. The van der Waals surface area contributed by atoms with Crippen LogP contribution in [0.4, 0.5) is 11.9 Å². The molecule has 9 heteroatoms. The molecular formula is C9H13N9. The summed E-state index contributed by atoms with van der Waals surface area (Å²) in [5.41, 5.74) is 2.44. The van der Waals surface area contributed by atoms with E-state index in [1.165, 1.54) is 17.3 Å². The average Bonchev–Trinajstić information content (AvgIpc) is 3.10. The molecule has 1 saturated heterocycles. The van der Waals surface area contributed by atoms with Crippen LogP contribution in [0.25, 0.3) is 5.95 Å². The maximum Gasteiger partial charge on any atom is 0.258 e. The topological polar surface area (TPSA) is 111 Å². The molecule has 3 N–H and O–H groups in total. The first-order valence-electron chi connectivity index (χ1n) is 5.69. The number of nitrogens with zero attached hydrogens (tertiary/aromatic N) is 7. The van der Waals surface area contributed by atoms with Gasteiger partial charge in [-0.2, -0.15) is 24.7 Å². The predicted molar refractivity (Wildman–Crippen MR) is 64.0 cm³/mol. The van der Waals surface area contributed by atoms with Gasteiger partial charge in [-0.15, -0.1) is 0 Å². The van der Waals surface area contributed by atoms with Crippen LogP contribution in [-0.4, -0.2) is 42.8 Å². The highest BCUT2D eigenvalue weighted by Gasteiger charge is 2.17. The van der Waals surface area contributed by atoms with Gasteiger partial charge < -0.3 is 4.90 Å². The summed E-state index contributed by atoms with van der Waals surface area (Å²) in [6.45, 7) is 1.90. The minimum absolute atomic E-state index is 0.317. The van der Waals surface area contributed by atoms with Gasteiger partial charge >= 0.3 is 0 Å². The third kappa shape index (κ3) is 1.95. The Morgan fingerprint density at radius 3 is 2.56 bits per heavy atom. The van der Waals surface area contributed by atoms with Crippen LogP contribution in [-0.2, 0) is 0 Å². The molecule has 1 fully saturated rings. The SMILES string of the molecule is NNc1nc(N2CCCC2)nc(-n2cncn2)n1. The molecule has 9 nitrogen and oxygen atoms in total. The van der Waals surface area contributed by atoms with Gasteiger partial charge in [-0.05, 0) is 12.8 Å². The smallest absolute Gasteiger partial charge is 0.258 e. The molecule has 2 aromatic heterocycles. The molecule has 0 saturated carbocycles. The number of rotatable bonds is 3. The molecule has 0 aliphatic carbocycles. The number of nitrogens with two attached hydrogens (primary N) is 1. The molecular weight excluding hydrogens is 234 g/mol. The molecule has 18 heavy (non-hydrogen) atoms. The quantitative estimate of drug-likeness (QED) is 0.543. The van der Waals surface area contributed by atoms with Crippen molar-refractivity contribution in [2.24, 2.45) is 5.84 Å². The first-order chi connectivity index (χ1) is 8.86. The number of anilines is 2. The molecule has 1 aliphatic rings. The lowest BCUT2D eigenvalue weighted by atomic mass is 10.4. The Labute approximate surface area is 103 Å². The third-order valence-corrected chi connectivity index (χ3v) is 2.75. The molecule has 0 amide bonds. The van der Waals surface area contributed by atoms with Gasteiger partial charge in [0.15, 0.2) is 0 Å². The molecule has 0 atom stereocenters. The fourth-order valence-electron chi connectivity index (χ4n) is 1.89. The number of hydrogen-bond acceptors (Lipinski definition) is 8. The van der Waals surface area contributed by atoms with Crippen molar-refractivity contribution in [2.45, 2.75) is 12.8 Å². The Hall–Kier alpha value is -2.29. The van der Waals surface area contributed by atoms with Crippen molar-refractivity contribution < 1.29 is 0 Å². The summed E-state index contributed by atoms with van der Waals surface area (Å²) in [6, 6.07) is 0. The highest BCUT2D eigenvalue weighted by Crippen LogP contribution is 2.17. The van der Waals surface area contributed by atoms with Crippen molar-refractivity contribution in [1.82, 2.24) is 29.7 Å². The fourth-order valence-corrected chi connectivity index (χ4v) is 1.89. The van der Waals surface area contributed by atoms with Crippen LogP contribution < -0.4 is 16.2 Å². The number of aromatic nitrogens is 6. The van der Waals surface area contributed by atoms with Crippen molar-refractivity contribution in [1.29, 1.82) is 0 Å². The monoisotopic (exact) mass is 247 g/mol. The van der Waals surface area contributed by atoms with Gasteiger partial charge in [0, 0.05) is 13.1 Å². The summed E-state index contributed by atoms with van der Waals surface area (Å²) >= 11 is 0. The van der Waals surface area contributed by atoms with E-state index < -0.39 is 0 Å². The van der Waals surface area contributed by atoms with E-state index >= 15 is 0 Å². The fraction of sp³-hybridized carbons (Fsp3) is 0.444. The molecule has 0 aromatic carbocycles. The minimum atomic E-state index is 0.317. The highest BCUT2D eigenvalue weighted by atomic mass is 15.4. The first-order valence-corrected chi connectivity index (χ1v) is 5.69. The van der Waals surface area contributed by atoms with Gasteiger partial charge in [0.05, 0.1) is 0 Å². The predicted octanol–water partition coefficient (Wildman–Crippen LogP) is -0.662. The maximum absolute atomic E-state index is 5.37. The molecule has 1 aliphatic heterocycles. The minimum Gasteiger partial charge on any atom is -0.341 e. The summed E-state index contributed by atoms with van der Waals surface area (Å²) < 4.78 is 1.47. The lowest BCUT2D eigenvalue weighted by Crippen LogP contribution is -2.23. The second-order valence-electron chi connectivity index (χ2n) is 3.94. The van der Waals surface area contributed by atoms with E-state index in [4.69, 9.17) is 5.84 Å². The van der Waals surface area contributed by atoms with Crippen molar-refractivity contribution in [2.75, 3.05) is 23.4 Å². The summed E-state index contributed by atoms with van der Waals surface area (Å²) in [5, 5.41) is 4.00. The van der Waals surface area contributed by atoms with Crippen molar-refractivity contribution >= 4 is 11.9 Å². The Balaban J connectivity index is 2.01. The van der Waals surface area contributed by atoms with E-state index in [1.54, 1.807) is 0 Å². The van der Waals surface area contributed by atoms with E-state index in [0.717, 1.165) is 25.9 Å². The molecule has 2 aromatic rings. The van der Waals surface area contributed by atoms with Crippen LogP contribution >= 0.6 is 0 Å². The van der Waals surface area contributed by atoms with Gasteiger partial charge in [-0.1, -0.05) is 0 Å². The van der Waals surface area contributed by atoms with E-state index in [2.05, 4.69) is 35.4 Å². The van der Waals surface area contributed by atoms with E-state index in [-0.39, 0.29) is 0 Å². The van der Waals surface area contributed by atoms with E-state index in [1.807, 2.05) is 0 Å². The summed E-state index contributed by atoms with van der Waals surface area (Å²) in [7, 11) is 0. The zero-order chi connectivity index (χ0) is 12.4. The van der Waals surface area contributed by atoms with Gasteiger partial charge in [0.2, 0.25) is 11.9 Å². The molecule has 0 radical (unpaired) electrons. The van der Waals surface area contributed by atoms with Gasteiger partial charge in [0.1, 0.15) is 12.7 Å². The Bertz CT molecular complexity index is 517. The van der Waals surface area contributed by atoms with Crippen molar-refractivity contribution in [3.63, 3.8) is 0 Å². The number of hydrogen-bond donors (Lipinski definition) is 2. The average molecular weight is 247 g/mol. The maximum atomic E-state index is 5.37. The molecule has 94 valence electrons. The Morgan fingerprint density at radius 2 is 1.89 bits per heavy atom. The number of hydrazine groups is 1. The molecule has 0 unspecified atom stereocenters. The van der Waals surface area contributed by atoms with Crippen LogP contribution in [0.15, 0.2) is 12.7 Å². The van der Waals surface area contributed by atoms with Crippen LogP contribution in [0, 0.1) is 0 Å².